The van der Waals surface area contributed by atoms with E-state index in [-0.39, 0.29) is 24.8 Å². The van der Waals surface area contributed by atoms with Crippen molar-refractivity contribution in [3.63, 3.8) is 0 Å². The van der Waals surface area contributed by atoms with E-state index in [1.165, 1.54) is 35.4 Å². The molecule has 2 amide bonds. The highest BCUT2D eigenvalue weighted by Crippen LogP contribution is 2.31. The van der Waals surface area contributed by atoms with Crippen molar-refractivity contribution in [2.45, 2.75) is 12.6 Å². The van der Waals surface area contributed by atoms with Crippen molar-refractivity contribution < 1.29 is 27.5 Å². The summed E-state index contributed by atoms with van der Waals surface area (Å²) < 4.78 is 43.2. The van der Waals surface area contributed by atoms with E-state index >= 15 is 0 Å². The first-order valence-corrected chi connectivity index (χ1v) is 10.3. The fourth-order valence-electron chi connectivity index (χ4n) is 2.79. The summed E-state index contributed by atoms with van der Waals surface area (Å²) in [6.07, 6.45) is -4.42. The summed E-state index contributed by atoms with van der Waals surface area (Å²) in [7, 11) is 3.06. The van der Waals surface area contributed by atoms with E-state index in [1.54, 1.807) is 36.8 Å². The van der Waals surface area contributed by atoms with Crippen molar-refractivity contribution in [1.29, 1.82) is 0 Å². The highest BCUT2D eigenvalue weighted by atomic mass is 32.1. The first-order chi connectivity index (χ1) is 15.2. The maximum atomic E-state index is 12.7. The van der Waals surface area contributed by atoms with Gasteiger partial charge >= 0.3 is 6.18 Å². The van der Waals surface area contributed by atoms with Gasteiger partial charge in [-0.3, -0.25) is 9.59 Å². The summed E-state index contributed by atoms with van der Waals surface area (Å²) in [4.78, 5) is 30.3. The zero-order chi connectivity index (χ0) is 23.3. The van der Waals surface area contributed by atoms with Gasteiger partial charge < -0.3 is 15.0 Å². The van der Waals surface area contributed by atoms with Crippen molar-refractivity contribution in [3.8, 4) is 16.3 Å². The van der Waals surface area contributed by atoms with Crippen molar-refractivity contribution in [3.05, 3.63) is 65.2 Å². The SMILES string of the molecule is COc1ccc(NC(=O)CN(C)C(=O)Cc2csc(-c3ccc(C(F)(F)F)cc3)n2)cc1. The molecule has 3 aromatic rings. The molecule has 0 aliphatic carbocycles. The van der Waals surface area contributed by atoms with Gasteiger partial charge in [0, 0.05) is 23.7 Å². The number of likely N-dealkylation sites (N-methyl/N-ethyl adjacent to an activating group) is 1. The smallest absolute Gasteiger partial charge is 0.416 e. The minimum absolute atomic E-state index is 0.0244. The monoisotopic (exact) mass is 463 g/mol. The number of benzene rings is 2. The maximum absolute atomic E-state index is 12.7. The number of hydrogen-bond acceptors (Lipinski definition) is 5. The van der Waals surface area contributed by atoms with Crippen LogP contribution in [0.2, 0.25) is 0 Å². The van der Waals surface area contributed by atoms with Gasteiger partial charge in [-0.25, -0.2) is 4.98 Å². The molecule has 0 radical (unpaired) electrons. The van der Waals surface area contributed by atoms with Crippen LogP contribution >= 0.6 is 11.3 Å². The van der Waals surface area contributed by atoms with Gasteiger partial charge in [-0.2, -0.15) is 13.2 Å². The molecule has 0 aliphatic heterocycles. The number of methoxy groups -OCH3 is 1. The molecular formula is C22H20F3N3O3S. The highest BCUT2D eigenvalue weighted by Gasteiger charge is 2.30. The van der Waals surface area contributed by atoms with Gasteiger partial charge in [0.05, 0.1) is 31.3 Å². The number of aromatic nitrogens is 1. The molecule has 0 aliphatic rings. The Labute approximate surface area is 186 Å². The predicted molar refractivity (Wildman–Crippen MR) is 116 cm³/mol. The van der Waals surface area contributed by atoms with Crippen LogP contribution < -0.4 is 10.1 Å². The van der Waals surface area contributed by atoms with Crippen LogP contribution in [0.1, 0.15) is 11.3 Å². The molecule has 0 fully saturated rings. The molecule has 0 unspecified atom stereocenters. The van der Waals surface area contributed by atoms with Crippen molar-refractivity contribution >= 4 is 28.8 Å². The van der Waals surface area contributed by atoms with Gasteiger partial charge in [0.25, 0.3) is 0 Å². The lowest BCUT2D eigenvalue weighted by atomic mass is 10.1. The minimum Gasteiger partial charge on any atom is -0.497 e. The van der Waals surface area contributed by atoms with Gasteiger partial charge in [0.15, 0.2) is 0 Å². The third-order valence-corrected chi connectivity index (χ3v) is 5.46. The van der Waals surface area contributed by atoms with E-state index in [0.29, 0.717) is 27.7 Å². The quantitative estimate of drug-likeness (QED) is 0.561. The van der Waals surface area contributed by atoms with E-state index in [0.717, 1.165) is 12.1 Å². The lowest BCUT2D eigenvalue weighted by Gasteiger charge is -2.16. The number of hydrogen-bond donors (Lipinski definition) is 1. The Morgan fingerprint density at radius 1 is 1.09 bits per heavy atom. The molecule has 1 N–H and O–H groups in total. The van der Waals surface area contributed by atoms with Crippen LogP contribution in [-0.2, 0) is 22.2 Å². The predicted octanol–water partition coefficient (Wildman–Crippen LogP) is 4.48. The number of nitrogens with one attached hydrogen (secondary N) is 1. The van der Waals surface area contributed by atoms with Crippen LogP contribution in [0.25, 0.3) is 10.6 Å². The van der Waals surface area contributed by atoms with Crippen LogP contribution in [0.4, 0.5) is 18.9 Å². The molecule has 0 bridgehead atoms. The molecular weight excluding hydrogens is 443 g/mol. The van der Waals surface area contributed by atoms with E-state index < -0.39 is 11.7 Å². The lowest BCUT2D eigenvalue weighted by molar-refractivity contribution is -0.137. The Bertz CT molecular complexity index is 1080. The van der Waals surface area contributed by atoms with Crippen LogP contribution in [0.5, 0.6) is 5.75 Å². The number of rotatable bonds is 7. The summed E-state index contributed by atoms with van der Waals surface area (Å²) in [6, 6.07) is 11.5. The molecule has 3 rings (SSSR count). The summed E-state index contributed by atoms with van der Waals surface area (Å²) >= 11 is 1.24. The molecule has 10 heteroatoms. The fourth-order valence-corrected chi connectivity index (χ4v) is 3.62. The number of halogens is 3. The second kappa shape index (κ2) is 9.82. The summed E-state index contributed by atoms with van der Waals surface area (Å²) in [6.45, 7) is -0.138. The molecule has 0 saturated carbocycles. The molecule has 1 aromatic heterocycles. The van der Waals surface area contributed by atoms with Crippen molar-refractivity contribution in [1.82, 2.24) is 9.88 Å². The number of alkyl halides is 3. The highest BCUT2D eigenvalue weighted by molar-refractivity contribution is 7.13. The Morgan fingerprint density at radius 3 is 2.34 bits per heavy atom. The van der Waals surface area contributed by atoms with Crippen LogP contribution in [0, 0.1) is 0 Å². The number of thiazole rings is 1. The Kier molecular flexibility index (Phi) is 7.14. The molecule has 0 atom stereocenters. The molecule has 0 spiro atoms. The van der Waals surface area contributed by atoms with Crippen LogP contribution in [-0.4, -0.2) is 42.4 Å². The van der Waals surface area contributed by atoms with Crippen LogP contribution in [0.3, 0.4) is 0 Å². The lowest BCUT2D eigenvalue weighted by Crippen LogP contribution is -2.35. The molecule has 32 heavy (non-hydrogen) atoms. The average molecular weight is 463 g/mol. The van der Waals surface area contributed by atoms with Gasteiger partial charge in [-0.05, 0) is 36.4 Å². The van der Waals surface area contributed by atoms with Gasteiger partial charge in [0.2, 0.25) is 11.8 Å². The Hall–Kier alpha value is -3.40. The molecule has 2 aromatic carbocycles. The number of anilines is 1. The normalized spacial score (nSPS) is 11.2. The number of amides is 2. The van der Waals surface area contributed by atoms with E-state index in [4.69, 9.17) is 4.74 Å². The average Bonchev–Trinajstić information content (AvgIpc) is 3.22. The second-order valence-corrected chi connectivity index (χ2v) is 7.78. The molecule has 1 heterocycles. The minimum atomic E-state index is -4.40. The van der Waals surface area contributed by atoms with Gasteiger partial charge in [-0.1, -0.05) is 12.1 Å². The fraction of sp³-hybridized carbons (Fsp3) is 0.227. The molecule has 6 nitrogen and oxygen atoms in total. The number of ether oxygens (including phenoxy) is 1. The Balaban J connectivity index is 1.55. The molecule has 0 saturated heterocycles. The first-order valence-electron chi connectivity index (χ1n) is 9.45. The number of nitrogens with zero attached hydrogens (tertiary/aromatic N) is 2. The van der Waals surface area contributed by atoms with E-state index in [2.05, 4.69) is 10.3 Å². The van der Waals surface area contributed by atoms with Crippen molar-refractivity contribution in [2.75, 3.05) is 26.0 Å². The number of carbonyl (C=O) groups excluding carboxylic acids is 2. The maximum Gasteiger partial charge on any atom is 0.416 e. The summed E-state index contributed by atoms with van der Waals surface area (Å²) in [5.41, 5.74) is 0.867. The van der Waals surface area contributed by atoms with Crippen molar-refractivity contribution in [2.24, 2.45) is 0 Å². The first kappa shape index (κ1) is 23.3. The summed E-state index contributed by atoms with van der Waals surface area (Å²) in [5.74, 6) is 0.00288. The Morgan fingerprint density at radius 2 is 1.75 bits per heavy atom. The zero-order valence-corrected chi connectivity index (χ0v) is 18.1. The zero-order valence-electron chi connectivity index (χ0n) is 17.3. The second-order valence-electron chi connectivity index (χ2n) is 6.92. The third-order valence-electron chi connectivity index (χ3n) is 4.52. The standard InChI is InChI=1S/C22H20F3N3O3S/c1-28(12-19(29)26-16-7-9-18(31-2)10-8-16)20(30)11-17-13-32-21(27-17)14-3-5-15(6-4-14)22(23,24)25/h3-10,13H,11-12H2,1-2H3,(H,26,29). The van der Waals surface area contributed by atoms with Gasteiger partial charge in [-0.15, -0.1) is 11.3 Å². The topological polar surface area (TPSA) is 71.5 Å². The third kappa shape index (κ3) is 6.07. The molecule has 168 valence electrons. The van der Waals surface area contributed by atoms with Crippen LogP contribution in [0.15, 0.2) is 53.9 Å². The van der Waals surface area contributed by atoms with E-state index in [9.17, 15) is 22.8 Å². The number of carbonyl (C=O) groups is 2. The largest absolute Gasteiger partial charge is 0.497 e. The van der Waals surface area contributed by atoms with E-state index in [1.807, 2.05) is 0 Å². The summed E-state index contributed by atoms with van der Waals surface area (Å²) in [5, 5.41) is 4.89. The van der Waals surface area contributed by atoms with Gasteiger partial charge in [0.1, 0.15) is 10.8 Å².